The van der Waals surface area contributed by atoms with Gasteiger partial charge in [0.15, 0.2) is 0 Å². The monoisotopic (exact) mass is 209 g/mol. The van der Waals surface area contributed by atoms with E-state index >= 15 is 0 Å². The van der Waals surface area contributed by atoms with Crippen LogP contribution < -0.4 is 0 Å². The lowest BCUT2D eigenvalue weighted by atomic mass is 10.0. The van der Waals surface area contributed by atoms with Crippen molar-refractivity contribution < 1.29 is 9.90 Å². The van der Waals surface area contributed by atoms with Gasteiger partial charge in [-0.2, -0.15) is 0 Å². The fourth-order valence-corrected chi connectivity index (χ4v) is 2.02. The number of rotatable bonds is 5. The predicted molar refractivity (Wildman–Crippen MR) is 59.5 cm³/mol. The van der Waals surface area contributed by atoms with Crippen molar-refractivity contribution in [2.75, 3.05) is 19.6 Å². The molecule has 1 aliphatic rings. The van der Waals surface area contributed by atoms with Crippen molar-refractivity contribution in [3.05, 3.63) is 0 Å². The first-order valence-electron chi connectivity index (χ1n) is 5.56. The quantitative estimate of drug-likeness (QED) is 0.699. The fourth-order valence-electron chi connectivity index (χ4n) is 2.02. The average Bonchev–Trinajstić information content (AvgIpc) is 2.63. The van der Waals surface area contributed by atoms with Crippen LogP contribution in [0.3, 0.4) is 0 Å². The van der Waals surface area contributed by atoms with Crippen molar-refractivity contribution in [1.29, 1.82) is 0 Å². The topological polar surface area (TPSA) is 40.5 Å². The van der Waals surface area contributed by atoms with Gasteiger partial charge in [0.1, 0.15) is 0 Å². The zero-order chi connectivity index (χ0) is 11.1. The number of carbonyl (C=O) groups is 1. The van der Waals surface area contributed by atoms with Crippen molar-refractivity contribution in [3.63, 3.8) is 0 Å². The molecule has 1 rings (SSSR count). The van der Waals surface area contributed by atoms with Crippen LogP contribution >= 0.6 is 0 Å². The van der Waals surface area contributed by atoms with E-state index in [-0.39, 0.29) is 0 Å². The summed E-state index contributed by atoms with van der Waals surface area (Å²) in [4.78, 5) is 12.8. The molecule has 1 heterocycles. The summed E-state index contributed by atoms with van der Waals surface area (Å²) in [6.45, 7) is 5.05. The molecule has 3 heteroatoms. The Morgan fingerprint density at radius 3 is 3.07 bits per heavy atom. The van der Waals surface area contributed by atoms with E-state index in [9.17, 15) is 4.79 Å². The molecule has 0 aliphatic carbocycles. The van der Waals surface area contributed by atoms with Gasteiger partial charge in [-0.15, -0.1) is 11.8 Å². The van der Waals surface area contributed by atoms with Crippen molar-refractivity contribution in [1.82, 2.24) is 4.90 Å². The molecule has 1 fully saturated rings. The largest absolute Gasteiger partial charge is 0.481 e. The molecule has 0 aromatic heterocycles. The molecule has 84 valence electrons. The molecule has 0 spiro atoms. The van der Waals surface area contributed by atoms with E-state index in [4.69, 9.17) is 5.11 Å². The molecular weight excluding hydrogens is 190 g/mol. The molecule has 0 bridgehead atoms. The molecule has 0 saturated carbocycles. The van der Waals surface area contributed by atoms with Crippen LogP contribution in [0, 0.1) is 17.8 Å². The van der Waals surface area contributed by atoms with Crippen LogP contribution in [0.5, 0.6) is 0 Å². The van der Waals surface area contributed by atoms with Crippen LogP contribution in [0.2, 0.25) is 0 Å². The number of carboxylic acids is 1. The SMILES string of the molecule is CC#CCCN1CCC(CCC(=O)O)C1. The van der Waals surface area contributed by atoms with Gasteiger partial charge >= 0.3 is 5.97 Å². The summed E-state index contributed by atoms with van der Waals surface area (Å²) in [5, 5.41) is 8.58. The first-order chi connectivity index (χ1) is 7.22. The molecule has 1 unspecified atom stereocenters. The maximum atomic E-state index is 10.4. The van der Waals surface area contributed by atoms with Gasteiger partial charge in [-0.25, -0.2) is 0 Å². The highest BCUT2D eigenvalue weighted by molar-refractivity contribution is 5.66. The lowest BCUT2D eigenvalue weighted by Crippen LogP contribution is -2.21. The summed E-state index contributed by atoms with van der Waals surface area (Å²) in [7, 11) is 0. The van der Waals surface area contributed by atoms with Crippen LogP contribution in [0.15, 0.2) is 0 Å². The lowest BCUT2D eigenvalue weighted by molar-refractivity contribution is -0.137. The van der Waals surface area contributed by atoms with E-state index in [1.54, 1.807) is 0 Å². The molecule has 0 aromatic rings. The summed E-state index contributed by atoms with van der Waals surface area (Å²) < 4.78 is 0. The molecule has 15 heavy (non-hydrogen) atoms. The smallest absolute Gasteiger partial charge is 0.303 e. The molecule has 3 nitrogen and oxygen atoms in total. The second-order valence-corrected chi connectivity index (χ2v) is 4.06. The Morgan fingerprint density at radius 2 is 2.40 bits per heavy atom. The Morgan fingerprint density at radius 1 is 1.60 bits per heavy atom. The van der Waals surface area contributed by atoms with Crippen molar-refractivity contribution in [3.8, 4) is 11.8 Å². The first-order valence-corrected chi connectivity index (χ1v) is 5.56. The van der Waals surface area contributed by atoms with E-state index in [1.165, 1.54) is 0 Å². The Labute approximate surface area is 91.5 Å². The van der Waals surface area contributed by atoms with E-state index in [1.807, 2.05) is 6.92 Å². The van der Waals surface area contributed by atoms with Crippen LogP contribution in [-0.2, 0) is 4.79 Å². The Hall–Kier alpha value is -1.01. The zero-order valence-electron chi connectivity index (χ0n) is 9.33. The van der Waals surface area contributed by atoms with Gasteiger partial charge in [0.25, 0.3) is 0 Å². The summed E-state index contributed by atoms with van der Waals surface area (Å²) in [5.41, 5.74) is 0. The third kappa shape index (κ3) is 4.85. The molecule has 1 aliphatic heterocycles. The number of hydrogen-bond acceptors (Lipinski definition) is 2. The predicted octanol–water partition coefficient (Wildman–Crippen LogP) is 1.59. The van der Waals surface area contributed by atoms with Crippen molar-refractivity contribution in [2.24, 2.45) is 5.92 Å². The van der Waals surface area contributed by atoms with Gasteiger partial charge in [0, 0.05) is 25.9 Å². The number of likely N-dealkylation sites (tertiary alicyclic amines) is 1. The molecule has 1 atom stereocenters. The molecule has 0 radical (unpaired) electrons. The normalized spacial score (nSPS) is 21.0. The van der Waals surface area contributed by atoms with Crippen LogP contribution in [0.4, 0.5) is 0 Å². The number of hydrogen-bond donors (Lipinski definition) is 1. The number of aliphatic carboxylic acids is 1. The molecule has 1 N–H and O–H groups in total. The van der Waals surface area contributed by atoms with Gasteiger partial charge in [-0.1, -0.05) is 0 Å². The zero-order valence-corrected chi connectivity index (χ0v) is 9.33. The highest BCUT2D eigenvalue weighted by Crippen LogP contribution is 2.20. The summed E-state index contributed by atoms with van der Waals surface area (Å²) >= 11 is 0. The third-order valence-corrected chi connectivity index (χ3v) is 2.87. The van der Waals surface area contributed by atoms with Gasteiger partial charge in [-0.05, 0) is 32.2 Å². The Balaban J connectivity index is 2.14. The second-order valence-electron chi connectivity index (χ2n) is 4.06. The van der Waals surface area contributed by atoms with Crippen LogP contribution in [0.25, 0.3) is 0 Å². The van der Waals surface area contributed by atoms with Gasteiger partial charge in [0.2, 0.25) is 0 Å². The maximum absolute atomic E-state index is 10.4. The van der Waals surface area contributed by atoms with E-state index in [2.05, 4.69) is 16.7 Å². The molecule has 0 amide bonds. The first kappa shape index (κ1) is 12.1. The summed E-state index contributed by atoms with van der Waals surface area (Å²) in [6, 6.07) is 0. The minimum absolute atomic E-state index is 0.313. The third-order valence-electron chi connectivity index (χ3n) is 2.87. The highest BCUT2D eigenvalue weighted by atomic mass is 16.4. The standard InChI is InChI=1S/C12H19NO2/c1-2-3-4-8-13-9-7-11(10-13)5-6-12(14)15/h11H,4-10H2,1H3,(H,14,15). The van der Waals surface area contributed by atoms with Gasteiger partial charge < -0.3 is 10.0 Å². The minimum atomic E-state index is -0.676. The molecular formula is C12H19NO2. The highest BCUT2D eigenvalue weighted by Gasteiger charge is 2.21. The minimum Gasteiger partial charge on any atom is -0.481 e. The second kappa shape index (κ2) is 6.47. The summed E-state index contributed by atoms with van der Waals surface area (Å²) in [5.74, 6) is 5.85. The van der Waals surface area contributed by atoms with Crippen LogP contribution in [0.1, 0.15) is 32.6 Å². The van der Waals surface area contributed by atoms with Crippen molar-refractivity contribution >= 4 is 5.97 Å². The Bertz CT molecular complexity index is 265. The Kier molecular flexibility index (Phi) is 5.20. The molecule has 1 saturated heterocycles. The fraction of sp³-hybridized carbons (Fsp3) is 0.750. The number of carboxylic acid groups (broad SMARTS) is 1. The lowest BCUT2D eigenvalue weighted by Gasteiger charge is -2.13. The molecule has 0 aromatic carbocycles. The van der Waals surface area contributed by atoms with Gasteiger partial charge in [-0.3, -0.25) is 4.79 Å². The van der Waals surface area contributed by atoms with E-state index < -0.39 is 5.97 Å². The summed E-state index contributed by atoms with van der Waals surface area (Å²) in [6.07, 6.45) is 3.22. The maximum Gasteiger partial charge on any atom is 0.303 e. The van der Waals surface area contributed by atoms with Crippen molar-refractivity contribution in [2.45, 2.75) is 32.6 Å². The average molecular weight is 209 g/mol. The number of nitrogens with zero attached hydrogens (tertiary/aromatic N) is 1. The van der Waals surface area contributed by atoms with E-state index in [0.717, 1.165) is 38.9 Å². The van der Waals surface area contributed by atoms with Crippen LogP contribution in [-0.4, -0.2) is 35.6 Å². The van der Waals surface area contributed by atoms with E-state index in [0.29, 0.717) is 12.3 Å². The van der Waals surface area contributed by atoms with Gasteiger partial charge in [0.05, 0.1) is 0 Å².